The molecule has 2 N–H and O–H groups in total. The van der Waals surface area contributed by atoms with E-state index < -0.39 is 29.4 Å². The van der Waals surface area contributed by atoms with Gasteiger partial charge in [0.25, 0.3) is 0 Å². The van der Waals surface area contributed by atoms with E-state index in [-0.39, 0.29) is 37.5 Å². The first kappa shape index (κ1) is 15.9. The summed E-state index contributed by atoms with van der Waals surface area (Å²) in [5.41, 5.74) is -0.277. The predicted octanol–water partition coefficient (Wildman–Crippen LogP) is 1.23. The summed E-state index contributed by atoms with van der Waals surface area (Å²) in [5, 5.41) is 11.1. The highest BCUT2D eigenvalue weighted by Gasteiger charge is 2.34. The Kier molecular flexibility index (Phi) is 4.69. The van der Waals surface area contributed by atoms with Gasteiger partial charge in [-0.15, -0.1) is 0 Å². The van der Waals surface area contributed by atoms with Gasteiger partial charge >= 0.3 is 5.97 Å². The second-order valence-electron chi connectivity index (χ2n) is 5.00. The fourth-order valence-corrected chi connectivity index (χ4v) is 2.20. The van der Waals surface area contributed by atoms with Crippen LogP contribution >= 0.6 is 0 Å². The first-order chi connectivity index (χ1) is 10.4. The number of likely N-dealkylation sites (tertiary alicyclic amines) is 1. The highest BCUT2D eigenvalue weighted by molar-refractivity contribution is 5.91. The number of halogens is 2. The number of carbonyl (C=O) groups is 3. The van der Waals surface area contributed by atoms with Crippen molar-refractivity contribution in [1.82, 2.24) is 4.90 Å². The fourth-order valence-electron chi connectivity index (χ4n) is 2.20. The van der Waals surface area contributed by atoms with Gasteiger partial charge in [0.05, 0.1) is 11.6 Å². The van der Waals surface area contributed by atoms with Gasteiger partial charge in [0, 0.05) is 32.0 Å². The van der Waals surface area contributed by atoms with Crippen molar-refractivity contribution in [2.75, 3.05) is 18.4 Å². The molecule has 1 aromatic carbocycles. The normalized spacial score (nSPS) is 17.6. The van der Waals surface area contributed by atoms with Crippen LogP contribution in [-0.2, 0) is 14.4 Å². The topological polar surface area (TPSA) is 86.7 Å². The molecule has 2 rings (SSSR count). The van der Waals surface area contributed by atoms with Crippen LogP contribution in [0.2, 0.25) is 0 Å². The number of aliphatic carboxylic acids is 1. The Hall–Kier alpha value is -2.51. The maximum atomic E-state index is 13.4. The monoisotopic (exact) mass is 312 g/mol. The van der Waals surface area contributed by atoms with E-state index in [1.165, 1.54) is 4.90 Å². The number of hydrogen-bond acceptors (Lipinski definition) is 3. The molecule has 1 fully saturated rings. The van der Waals surface area contributed by atoms with Crippen molar-refractivity contribution in [3.05, 3.63) is 29.8 Å². The molecule has 0 aromatic heterocycles. The van der Waals surface area contributed by atoms with Crippen LogP contribution in [0.3, 0.4) is 0 Å². The Balaban J connectivity index is 1.87. The maximum Gasteiger partial charge on any atom is 0.308 e. The van der Waals surface area contributed by atoms with E-state index >= 15 is 0 Å². The summed E-state index contributed by atoms with van der Waals surface area (Å²) in [7, 11) is 0. The number of benzene rings is 1. The lowest BCUT2D eigenvalue weighted by Crippen LogP contribution is -2.30. The molecule has 118 valence electrons. The van der Waals surface area contributed by atoms with E-state index in [1.54, 1.807) is 0 Å². The summed E-state index contributed by atoms with van der Waals surface area (Å²) in [5.74, 6) is -4.19. The molecule has 0 bridgehead atoms. The fraction of sp³-hybridized carbons (Fsp3) is 0.357. The van der Waals surface area contributed by atoms with Gasteiger partial charge in [-0.3, -0.25) is 14.4 Å². The summed E-state index contributed by atoms with van der Waals surface area (Å²) in [6.07, 6.45) is -0.219. The van der Waals surface area contributed by atoms with Crippen LogP contribution in [0.5, 0.6) is 0 Å². The van der Waals surface area contributed by atoms with Gasteiger partial charge in [-0.05, 0) is 12.1 Å². The smallest absolute Gasteiger partial charge is 0.308 e. The molecular weight excluding hydrogens is 298 g/mol. The number of anilines is 1. The van der Waals surface area contributed by atoms with Gasteiger partial charge < -0.3 is 15.3 Å². The largest absolute Gasteiger partial charge is 0.481 e. The second kappa shape index (κ2) is 6.50. The van der Waals surface area contributed by atoms with Gasteiger partial charge in [0.15, 0.2) is 0 Å². The quantitative estimate of drug-likeness (QED) is 0.856. The molecule has 0 radical (unpaired) electrons. The molecule has 22 heavy (non-hydrogen) atoms. The molecule has 0 saturated carbocycles. The van der Waals surface area contributed by atoms with Gasteiger partial charge in [0.2, 0.25) is 11.8 Å². The van der Waals surface area contributed by atoms with Crippen LogP contribution in [-0.4, -0.2) is 40.9 Å². The third kappa shape index (κ3) is 3.78. The number of nitrogens with zero attached hydrogens (tertiary/aromatic N) is 1. The van der Waals surface area contributed by atoms with Crippen molar-refractivity contribution in [3.63, 3.8) is 0 Å². The molecule has 8 heteroatoms. The molecule has 0 aliphatic carbocycles. The van der Waals surface area contributed by atoms with Crippen molar-refractivity contribution < 1.29 is 28.3 Å². The second-order valence-corrected chi connectivity index (χ2v) is 5.00. The van der Waals surface area contributed by atoms with Crippen LogP contribution < -0.4 is 5.32 Å². The number of carboxylic acid groups (broad SMARTS) is 1. The summed E-state index contributed by atoms with van der Waals surface area (Å²) in [4.78, 5) is 35.4. The number of carboxylic acids is 1. The van der Waals surface area contributed by atoms with E-state index in [4.69, 9.17) is 5.11 Å². The van der Waals surface area contributed by atoms with Crippen molar-refractivity contribution in [2.45, 2.75) is 12.8 Å². The summed E-state index contributed by atoms with van der Waals surface area (Å²) < 4.78 is 26.3. The van der Waals surface area contributed by atoms with Crippen LogP contribution in [0, 0.1) is 17.6 Å². The Morgan fingerprint density at radius 2 is 2.09 bits per heavy atom. The van der Waals surface area contributed by atoms with E-state index in [0.29, 0.717) is 0 Å². The minimum Gasteiger partial charge on any atom is -0.481 e. The molecule has 2 amide bonds. The van der Waals surface area contributed by atoms with Gasteiger partial charge in [-0.1, -0.05) is 0 Å². The summed E-state index contributed by atoms with van der Waals surface area (Å²) >= 11 is 0. The molecule has 1 aromatic rings. The summed E-state index contributed by atoms with van der Waals surface area (Å²) in [6.45, 7) is 0.0845. The molecule has 0 unspecified atom stereocenters. The van der Waals surface area contributed by atoms with Gasteiger partial charge in [0.1, 0.15) is 11.6 Å². The Bertz CT molecular complexity index is 621. The van der Waals surface area contributed by atoms with Crippen molar-refractivity contribution in [2.24, 2.45) is 5.92 Å². The highest BCUT2D eigenvalue weighted by atomic mass is 19.1. The first-order valence-electron chi connectivity index (χ1n) is 6.62. The first-order valence-corrected chi connectivity index (χ1v) is 6.62. The van der Waals surface area contributed by atoms with Crippen LogP contribution in [0.1, 0.15) is 12.8 Å². The standard InChI is InChI=1S/C14H14F2N2O4/c15-9-1-2-10(16)11(6-9)17-12(19)3-4-18-7-8(14(21)22)5-13(18)20/h1-2,6,8H,3-5,7H2,(H,17,19)(H,21,22)/t8-/m0/s1. The van der Waals surface area contributed by atoms with E-state index in [9.17, 15) is 23.2 Å². The Morgan fingerprint density at radius 3 is 2.73 bits per heavy atom. The van der Waals surface area contributed by atoms with Crippen molar-refractivity contribution in [1.29, 1.82) is 0 Å². The van der Waals surface area contributed by atoms with Gasteiger partial charge in [-0.25, -0.2) is 8.78 Å². The highest BCUT2D eigenvalue weighted by Crippen LogP contribution is 2.19. The lowest BCUT2D eigenvalue weighted by molar-refractivity contribution is -0.141. The average Bonchev–Trinajstić information content (AvgIpc) is 2.82. The zero-order valence-electron chi connectivity index (χ0n) is 11.5. The van der Waals surface area contributed by atoms with Crippen LogP contribution in [0.25, 0.3) is 0 Å². The Labute approximate surface area is 124 Å². The maximum absolute atomic E-state index is 13.4. The zero-order chi connectivity index (χ0) is 16.3. The third-order valence-electron chi connectivity index (χ3n) is 3.38. The average molecular weight is 312 g/mol. The number of rotatable bonds is 5. The van der Waals surface area contributed by atoms with Crippen LogP contribution in [0.15, 0.2) is 18.2 Å². The zero-order valence-corrected chi connectivity index (χ0v) is 11.5. The van der Waals surface area contributed by atoms with Crippen LogP contribution in [0.4, 0.5) is 14.5 Å². The number of hydrogen-bond donors (Lipinski definition) is 2. The van der Waals surface area contributed by atoms with E-state index in [0.717, 1.165) is 18.2 Å². The minimum absolute atomic E-state index is 0.0331. The molecule has 1 atom stereocenters. The SMILES string of the molecule is O=C(CCN1C[C@@H](C(=O)O)CC1=O)Nc1cc(F)ccc1F. The Morgan fingerprint density at radius 1 is 1.36 bits per heavy atom. The third-order valence-corrected chi connectivity index (χ3v) is 3.38. The van der Waals surface area contributed by atoms with Gasteiger partial charge in [-0.2, -0.15) is 0 Å². The molecule has 1 aliphatic rings. The van der Waals surface area contributed by atoms with Crippen molar-refractivity contribution in [3.8, 4) is 0 Å². The summed E-state index contributed by atoms with van der Waals surface area (Å²) in [6, 6.07) is 2.68. The lowest BCUT2D eigenvalue weighted by Gasteiger charge is -2.15. The molecule has 1 saturated heterocycles. The van der Waals surface area contributed by atoms with Crippen molar-refractivity contribution >= 4 is 23.5 Å². The molecule has 1 aliphatic heterocycles. The number of amides is 2. The number of nitrogens with one attached hydrogen (secondary N) is 1. The molecule has 6 nitrogen and oxygen atoms in total. The van der Waals surface area contributed by atoms with E-state index in [2.05, 4.69) is 5.32 Å². The lowest BCUT2D eigenvalue weighted by atomic mass is 10.1. The van der Waals surface area contributed by atoms with E-state index in [1.807, 2.05) is 0 Å². The molecule has 0 spiro atoms. The molecule has 1 heterocycles. The molecular formula is C14H14F2N2O4. The minimum atomic E-state index is -1.05. The predicted molar refractivity (Wildman–Crippen MR) is 71.9 cm³/mol. The number of carbonyl (C=O) groups excluding carboxylic acids is 2.